The van der Waals surface area contributed by atoms with Gasteiger partial charge in [-0.2, -0.15) is 0 Å². The summed E-state index contributed by atoms with van der Waals surface area (Å²) in [4.78, 5) is 4.11. The van der Waals surface area contributed by atoms with Gasteiger partial charge in [-0.05, 0) is 19.3 Å². The van der Waals surface area contributed by atoms with Crippen LogP contribution in [0, 0.1) is 0 Å². The second kappa shape index (κ2) is 6.65. The topological polar surface area (TPSA) is 70.6 Å². The van der Waals surface area contributed by atoms with Gasteiger partial charge in [0, 0.05) is 6.54 Å². The van der Waals surface area contributed by atoms with Crippen molar-refractivity contribution in [2.24, 2.45) is 10.7 Å². The molecule has 4 nitrogen and oxygen atoms in total. The Morgan fingerprint density at radius 2 is 1.93 bits per heavy atom. The Morgan fingerprint density at radius 3 is 2.36 bits per heavy atom. The van der Waals surface area contributed by atoms with Crippen molar-refractivity contribution in [1.29, 1.82) is 0 Å². The van der Waals surface area contributed by atoms with Gasteiger partial charge < -0.3 is 16.2 Å². The molecule has 0 amide bonds. The summed E-state index contributed by atoms with van der Waals surface area (Å²) in [6.07, 6.45) is 2.42. The molecule has 0 bridgehead atoms. The van der Waals surface area contributed by atoms with Gasteiger partial charge in [0.15, 0.2) is 5.96 Å². The van der Waals surface area contributed by atoms with Crippen molar-refractivity contribution in [3.8, 4) is 0 Å². The lowest BCUT2D eigenvalue weighted by atomic mass is 9.98. The van der Waals surface area contributed by atoms with E-state index < -0.39 is 5.60 Å². The predicted octanol–water partition coefficient (Wildman–Crippen LogP) is 0.852. The lowest BCUT2D eigenvalue weighted by molar-refractivity contribution is 0.0418. The minimum Gasteiger partial charge on any atom is -0.388 e. The molecule has 0 aromatic heterocycles. The highest BCUT2D eigenvalue weighted by Crippen LogP contribution is 2.14. The average Bonchev–Trinajstić information content (AvgIpc) is 2.23. The average molecular weight is 201 g/mol. The Hall–Kier alpha value is -0.770. The SMILES string of the molecule is CCCNC(N)=NCC(O)(CC)CC. The molecule has 0 unspecified atom stereocenters. The fraction of sp³-hybridized carbons (Fsp3) is 0.900. The molecule has 4 heteroatoms. The lowest BCUT2D eigenvalue weighted by Crippen LogP contribution is -2.36. The molecule has 0 aliphatic heterocycles. The Bertz CT molecular complexity index is 176. The molecular formula is C10H23N3O. The van der Waals surface area contributed by atoms with Crippen LogP contribution in [0.1, 0.15) is 40.0 Å². The van der Waals surface area contributed by atoms with E-state index in [0.717, 1.165) is 13.0 Å². The van der Waals surface area contributed by atoms with Crippen LogP contribution in [0.5, 0.6) is 0 Å². The van der Waals surface area contributed by atoms with Gasteiger partial charge in [0.05, 0.1) is 12.1 Å². The number of aliphatic imine (C=N–C) groups is 1. The van der Waals surface area contributed by atoms with Gasteiger partial charge in [-0.3, -0.25) is 4.99 Å². The molecule has 0 saturated carbocycles. The Labute approximate surface area is 86.6 Å². The number of nitrogens with zero attached hydrogens (tertiary/aromatic N) is 1. The summed E-state index contributed by atoms with van der Waals surface area (Å²) < 4.78 is 0. The molecule has 0 fully saturated rings. The van der Waals surface area contributed by atoms with Crippen molar-refractivity contribution >= 4 is 5.96 Å². The van der Waals surface area contributed by atoms with Gasteiger partial charge in [-0.15, -0.1) is 0 Å². The lowest BCUT2D eigenvalue weighted by Gasteiger charge is -2.22. The van der Waals surface area contributed by atoms with Crippen LogP contribution in [0.3, 0.4) is 0 Å². The first kappa shape index (κ1) is 13.2. The van der Waals surface area contributed by atoms with Crippen molar-refractivity contribution in [2.45, 2.75) is 45.6 Å². The van der Waals surface area contributed by atoms with Crippen LogP contribution < -0.4 is 11.1 Å². The van der Waals surface area contributed by atoms with E-state index in [1.807, 2.05) is 13.8 Å². The molecular weight excluding hydrogens is 178 g/mol. The second-order valence-corrected chi connectivity index (χ2v) is 3.56. The summed E-state index contributed by atoms with van der Waals surface area (Å²) in [7, 11) is 0. The molecule has 0 rings (SSSR count). The summed E-state index contributed by atoms with van der Waals surface area (Å²) in [5.41, 5.74) is 4.91. The van der Waals surface area contributed by atoms with Gasteiger partial charge in [0.25, 0.3) is 0 Å². The van der Waals surface area contributed by atoms with Crippen molar-refractivity contribution < 1.29 is 5.11 Å². The highest BCUT2D eigenvalue weighted by atomic mass is 16.3. The third kappa shape index (κ3) is 5.07. The number of guanidine groups is 1. The molecule has 14 heavy (non-hydrogen) atoms. The van der Waals surface area contributed by atoms with Crippen LogP contribution in [0.2, 0.25) is 0 Å². The highest BCUT2D eigenvalue weighted by Gasteiger charge is 2.21. The standard InChI is InChI=1S/C10H23N3O/c1-4-7-12-9(11)13-8-10(14,5-2)6-3/h14H,4-8H2,1-3H3,(H3,11,12,13). The monoisotopic (exact) mass is 201 g/mol. The Kier molecular flexibility index (Phi) is 6.28. The summed E-state index contributed by atoms with van der Waals surface area (Å²) in [5.74, 6) is 0.423. The maximum absolute atomic E-state index is 9.91. The van der Waals surface area contributed by atoms with E-state index in [1.165, 1.54) is 0 Å². The maximum atomic E-state index is 9.91. The second-order valence-electron chi connectivity index (χ2n) is 3.56. The van der Waals surface area contributed by atoms with Crippen LogP contribution in [0.15, 0.2) is 4.99 Å². The van der Waals surface area contributed by atoms with Gasteiger partial charge in [0.1, 0.15) is 0 Å². The van der Waals surface area contributed by atoms with E-state index in [1.54, 1.807) is 0 Å². The number of nitrogens with one attached hydrogen (secondary N) is 1. The molecule has 0 aromatic rings. The highest BCUT2D eigenvalue weighted by molar-refractivity contribution is 5.77. The normalized spacial score (nSPS) is 13.0. The molecule has 84 valence electrons. The Balaban J connectivity index is 3.98. The third-order valence-electron chi connectivity index (χ3n) is 2.42. The molecule has 0 aliphatic rings. The minimum absolute atomic E-state index is 0.378. The Morgan fingerprint density at radius 1 is 1.36 bits per heavy atom. The first-order valence-corrected chi connectivity index (χ1v) is 5.34. The van der Waals surface area contributed by atoms with Crippen molar-refractivity contribution in [3.05, 3.63) is 0 Å². The predicted molar refractivity (Wildman–Crippen MR) is 60.3 cm³/mol. The molecule has 0 aromatic carbocycles. The largest absolute Gasteiger partial charge is 0.388 e. The third-order valence-corrected chi connectivity index (χ3v) is 2.42. The zero-order valence-electron chi connectivity index (χ0n) is 9.51. The quantitative estimate of drug-likeness (QED) is 0.441. The van der Waals surface area contributed by atoms with Crippen LogP contribution in [-0.4, -0.2) is 29.8 Å². The van der Waals surface area contributed by atoms with Crippen molar-refractivity contribution in [1.82, 2.24) is 5.32 Å². The van der Waals surface area contributed by atoms with E-state index in [2.05, 4.69) is 17.2 Å². The number of nitrogens with two attached hydrogens (primary N) is 1. The van der Waals surface area contributed by atoms with Crippen molar-refractivity contribution in [2.75, 3.05) is 13.1 Å². The molecule has 0 atom stereocenters. The first-order chi connectivity index (χ1) is 6.58. The van der Waals surface area contributed by atoms with Crippen LogP contribution in [0.25, 0.3) is 0 Å². The summed E-state index contributed by atoms with van der Waals surface area (Å²) in [6.45, 7) is 7.17. The summed E-state index contributed by atoms with van der Waals surface area (Å²) >= 11 is 0. The van der Waals surface area contributed by atoms with Crippen molar-refractivity contribution in [3.63, 3.8) is 0 Å². The van der Waals surface area contributed by atoms with Gasteiger partial charge in [-0.1, -0.05) is 20.8 Å². The molecule has 0 aliphatic carbocycles. The fourth-order valence-electron chi connectivity index (χ4n) is 1.01. The molecule has 0 spiro atoms. The number of aliphatic hydroxyl groups is 1. The summed E-state index contributed by atoms with van der Waals surface area (Å²) in [6, 6.07) is 0. The van der Waals surface area contributed by atoms with E-state index in [9.17, 15) is 5.11 Å². The van der Waals surface area contributed by atoms with E-state index in [0.29, 0.717) is 25.3 Å². The fourth-order valence-corrected chi connectivity index (χ4v) is 1.01. The number of hydrogen-bond acceptors (Lipinski definition) is 2. The first-order valence-electron chi connectivity index (χ1n) is 5.34. The van der Waals surface area contributed by atoms with Gasteiger partial charge in [0.2, 0.25) is 0 Å². The maximum Gasteiger partial charge on any atom is 0.188 e. The van der Waals surface area contributed by atoms with E-state index in [4.69, 9.17) is 5.73 Å². The van der Waals surface area contributed by atoms with Gasteiger partial charge >= 0.3 is 0 Å². The van der Waals surface area contributed by atoms with Crippen LogP contribution >= 0.6 is 0 Å². The van der Waals surface area contributed by atoms with Crippen LogP contribution in [0.4, 0.5) is 0 Å². The zero-order chi connectivity index (χ0) is 11.0. The minimum atomic E-state index is -0.696. The molecule has 0 radical (unpaired) electrons. The molecule has 0 saturated heterocycles. The molecule has 4 N–H and O–H groups in total. The zero-order valence-corrected chi connectivity index (χ0v) is 9.51. The smallest absolute Gasteiger partial charge is 0.188 e. The van der Waals surface area contributed by atoms with Crippen LogP contribution in [-0.2, 0) is 0 Å². The van der Waals surface area contributed by atoms with E-state index >= 15 is 0 Å². The van der Waals surface area contributed by atoms with Gasteiger partial charge in [-0.25, -0.2) is 0 Å². The molecule has 0 heterocycles. The number of rotatable bonds is 6. The number of hydrogen-bond donors (Lipinski definition) is 3. The van der Waals surface area contributed by atoms with E-state index in [-0.39, 0.29) is 0 Å². The summed E-state index contributed by atoms with van der Waals surface area (Å²) in [5, 5.41) is 12.9.